The standard InChI is InChI=1S/C11H23NO6/c1-12-10(11(13)14)9-18-8-7-17-6-5-16-4-3-15-2/h10,12H,3-9H2,1-2H3,(H,13,14). The van der Waals surface area contributed by atoms with Gasteiger partial charge in [0.1, 0.15) is 6.04 Å². The molecule has 1 unspecified atom stereocenters. The number of ether oxygens (including phenoxy) is 4. The third kappa shape index (κ3) is 10.4. The van der Waals surface area contributed by atoms with Crippen LogP contribution in [0.2, 0.25) is 0 Å². The maximum absolute atomic E-state index is 10.6. The number of methoxy groups -OCH3 is 1. The van der Waals surface area contributed by atoms with Crippen LogP contribution in [0.3, 0.4) is 0 Å². The molecule has 0 radical (unpaired) electrons. The molecule has 0 aromatic carbocycles. The minimum Gasteiger partial charge on any atom is -0.480 e. The van der Waals surface area contributed by atoms with E-state index in [1.807, 2.05) is 0 Å². The van der Waals surface area contributed by atoms with E-state index < -0.39 is 12.0 Å². The van der Waals surface area contributed by atoms with Gasteiger partial charge in [-0.1, -0.05) is 0 Å². The molecule has 108 valence electrons. The molecule has 0 aromatic rings. The highest BCUT2D eigenvalue weighted by Gasteiger charge is 2.13. The second-order valence-corrected chi connectivity index (χ2v) is 3.47. The van der Waals surface area contributed by atoms with Gasteiger partial charge in [-0.15, -0.1) is 0 Å². The van der Waals surface area contributed by atoms with Crippen molar-refractivity contribution in [1.82, 2.24) is 5.32 Å². The van der Waals surface area contributed by atoms with E-state index in [0.29, 0.717) is 39.6 Å². The molecule has 0 rings (SSSR count). The van der Waals surface area contributed by atoms with Gasteiger partial charge in [0, 0.05) is 7.11 Å². The Morgan fingerprint density at radius 1 is 1.06 bits per heavy atom. The lowest BCUT2D eigenvalue weighted by Crippen LogP contribution is -2.38. The van der Waals surface area contributed by atoms with Crippen LogP contribution in [0.5, 0.6) is 0 Å². The zero-order chi connectivity index (χ0) is 13.6. The molecule has 1 atom stereocenters. The van der Waals surface area contributed by atoms with Gasteiger partial charge >= 0.3 is 5.97 Å². The Morgan fingerprint density at radius 3 is 2.00 bits per heavy atom. The van der Waals surface area contributed by atoms with E-state index in [0.717, 1.165) is 0 Å². The number of hydrogen-bond donors (Lipinski definition) is 2. The molecule has 7 nitrogen and oxygen atoms in total. The molecule has 0 heterocycles. The Labute approximate surface area is 107 Å². The molecule has 0 bridgehead atoms. The number of rotatable bonds is 13. The monoisotopic (exact) mass is 265 g/mol. The number of carbonyl (C=O) groups is 1. The number of hydrogen-bond acceptors (Lipinski definition) is 6. The molecular formula is C11H23NO6. The molecule has 0 aliphatic carbocycles. The molecule has 2 N–H and O–H groups in total. The molecule has 0 fully saturated rings. The molecule has 0 aliphatic rings. The maximum atomic E-state index is 10.6. The predicted octanol–water partition coefficient (Wildman–Crippen LogP) is -0.645. The van der Waals surface area contributed by atoms with Crippen molar-refractivity contribution in [1.29, 1.82) is 0 Å². The molecule has 0 aromatic heterocycles. The lowest BCUT2D eigenvalue weighted by Gasteiger charge is -2.11. The first-order valence-corrected chi connectivity index (χ1v) is 5.84. The number of nitrogens with one attached hydrogen (secondary N) is 1. The number of likely N-dealkylation sites (N-methyl/N-ethyl adjacent to an activating group) is 1. The van der Waals surface area contributed by atoms with Gasteiger partial charge in [0.25, 0.3) is 0 Å². The van der Waals surface area contributed by atoms with Crippen molar-refractivity contribution in [3.05, 3.63) is 0 Å². The third-order valence-electron chi connectivity index (χ3n) is 2.11. The average molecular weight is 265 g/mol. The largest absolute Gasteiger partial charge is 0.480 e. The lowest BCUT2D eigenvalue weighted by molar-refractivity contribution is -0.141. The van der Waals surface area contributed by atoms with E-state index >= 15 is 0 Å². The van der Waals surface area contributed by atoms with Crippen molar-refractivity contribution < 1.29 is 28.8 Å². The van der Waals surface area contributed by atoms with E-state index in [1.165, 1.54) is 0 Å². The van der Waals surface area contributed by atoms with Gasteiger partial charge in [-0.2, -0.15) is 0 Å². The average Bonchev–Trinajstić information content (AvgIpc) is 2.35. The van der Waals surface area contributed by atoms with Crippen molar-refractivity contribution >= 4 is 5.97 Å². The topological polar surface area (TPSA) is 86.3 Å². The first-order valence-electron chi connectivity index (χ1n) is 5.84. The van der Waals surface area contributed by atoms with Crippen molar-refractivity contribution in [2.45, 2.75) is 6.04 Å². The van der Waals surface area contributed by atoms with Crippen molar-refractivity contribution in [2.75, 3.05) is 60.4 Å². The van der Waals surface area contributed by atoms with E-state index in [9.17, 15) is 4.79 Å². The summed E-state index contributed by atoms with van der Waals surface area (Å²) in [4.78, 5) is 10.6. The SMILES string of the molecule is CNC(COCCOCCOCCOC)C(=O)O. The first kappa shape index (κ1) is 17.3. The van der Waals surface area contributed by atoms with Gasteiger partial charge in [-0.05, 0) is 7.05 Å². The summed E-state index contributed by atoms with van der Waals surface area (Å²) < 4.78 is 20.4. The minimum atomic E-state index is -0.926. The highest BCUT2D eigenvalue weighted by atomic mass is 16.6. The van der Waals surface area contributed by atoms with Crippen LogP contribution in [0, 0.1) is 0 Å². The molecule has 0 aliphatic heterocycles. The summed E-state index contributed by atoms with van der Waals surface area (Å²) in [5.74, 6) is -0.926. The van der Waals surface area contributed by atoms with Crippen molar-refractivity contribution in [3.63, 3.8) is 0 Å². The van der Waals surface area contributed by atoms with E-state index in [4.69, 9.17) is 24.1 Å². The van der Waals surface area contributed by atoms with Gasteiger partial charge in [0.15, 0.2) is 0 Å². The number of aliphatic carboxylic acids is 1. The van der Waals surface area contributed by atoms with Gasteiger partial charge in [-0.25, -0.2) is 0 Å². The summed E-state index contributed by atoms with van der Waals surface area (Å²) in [6, 6.07) is -0.678. The van der Waals surface area contributed by atoms with Crippen LogP contribution in [-0.2, 0) is 23.7 Å². The summed E-state index contributed by atoms with van der Waals surface area (Å²) in [5.41, 5.74) is 0. The quantitative estimate of drug-likeness (QED) is 0.428. The van der Waals surface area contributed by atoms with Crippen LogP contribution in [-0.4, -0.2) is 77.5 Å². The van der Waals surface area contributed by atoms with E-state index in [-0.39, 0.29) is 6.61 Å². The van der Waals surface area contributed by atoms with Crippen LogP contribution in [0.15, 0.2) is 0 Å². The summed E-state index contributed by atoms with van der Waals surface area (Å²) in [6.07, 6.45) is 0. The molecule has 18 heavy (non-hydrogen) atoms. The summed E-state index contributed by atoms with van der Waals surface area (Å²) >= 11 is 0. The van der Waals surface area contributed by atoms with Crippen molar-refractivity contribution in [2.24, 2.45) is 0 Å². The van der Waals surface area contributed by atoms with Crippen molar-refractivity contribution in [3.8, 4) is 0 Å². The van der Waals surface area contributed by atoms with Crippen LogP contribution in [0.25, 0.3) is 0 Å². The Morgan fingerprint density at radius 2 is 1.56 bits per heavy atom. The smallest absolute Gasteiger partial charge is 0.323 e. The highest BCUT2D eigenvalue weighted by molar-refractivity contribution is 5.73. The normalized spacial score (nSPS) is 12.6. The Bertz CT molecular complexity index is 202. The molecule has 0 saturated heterocycles. The zero-order valence-electron chi connectivity index (χ0n) is 11.0. The highest BCUT2D eigenvalue weighted by Crippen LogP contribution is 1.87. The first-order chi connectivity index (χ1) is 8.72. The number of carboxylic acids is 1. The van der Waals surface area contributed by atoms with Gasteiger partial charge in [-0.3, -0.25) is 4.79 Å². The summed E-state index contributed by atoms with van der Waals surface area (Å²) in [7, 11) is 3.20. The fourth-order valence-electron chi connectivity index (χ4n) is 1.06. The molecule has 0 spiro atoms. The van der Waals surface area contributed by atoms with Crippen LogP contribution < -0.4 is 5.32 Å². The van der Waals surface area contributed by atoms with E-state index in [1.54, 1.807) is 14.2 Å². The second kappa shape index (κ2) is 12.7. The zero-order valence-corrected chi connectivity index (χ0v) is 11.0. The molecule has 0 saturated carbocycles. The van der Waals surface area contributed by atoms with Gasteiger partial charge < -0.3 is 29.4 Å². The fourth-order valence-corrected chi connectivity index (χ4v) is 1.06. The van der Waals surface area contributed by atoms with E-state index in [2.05, 4.69) is 5.32 Å². The van der Waals surface area contributed by atoms with Gasteiger partial charge in [0.05, 0.1) is 46.2 Å². The minimum absolute atomic E-state index is 0.125. The summed E-state index contributed by atoms with van der Waals surface area (Å²) in [6.45, 7) is 3.04. The Balaban J connectivity index is 3.18. The number of carboxylic acid groups (broad SMARTS) is 1. The fraction of sp³-hybridized carbons (Fsp3) is 0.909. The van der Waals surface area contributed by atoms with Crippen LogP contribution >= 0.6 is 0 Å². The Kier molecular flexibility index (Phi) is 12.2. The molecule has 7 heteroatoms. The molecule has 0 amide bonds. The summed E-state index contributed by atoms with van der Waals surface area (Å²) in [5, 5.41) is 11.4. The van der Waals surface area contributed by atoms with Gasteiger partial charge in [0.2, 0.25) is 0 Å². The Hall–Kier alpha value is -0.730. The van der Waals surface area contributed by atoms with Crippen LogP contribution in [0.1, 0.15) is 0 Å². The maximum Gasteiger partial charge on any atom is 0.323 e. The second-order valence-electron chi connectivity index (χ2n) is 3.47. The van der Waals surface area contributed by atoms with Crippen LogP contribution in [0.4, 0.5) is 0 Å². The third-order valence-corrected chi connectivity index (χ3v) is 2.11. The lowest BCUT2D eigenvalue weighted by atomic mass is 10.3. The molecular weight excluding hydrogens is 242 g/mol. The predicted molar refractivity (Wildman–Crippen MR) is 64.8 cm³/mol.